The third-order valence-corrected chi connectivity index (χ3v) is 6.06. The van der Waals surface area contributed by atoms with Crippen molar-refractivity contribution in [3.8, 4) is 22.8 Å². The number of benzene rings is 2. The Balaban J connectivity index is 1.11. The van der Waals surface area contributed by atoms with E-state index < -0.39 is 0 Å². The van der Waals surface area contributed by atoms with Gasteiger partial charge in [-0.25, -0.2) is 9.37 Å². The summed E-state index contributed by atoms with van der Waals surface area (Å²) in [5, 5.41) is 14.0. The van der Waals surface area contributed by atoms with Crippen molar-refractivity contribution in [3.63, 3.8) is 0 Å². The topological polar surface area (TPSA) is 99.0 Å². The number of oxazole rings is 1. The molecule has 2 aromatic carbocycles. The highest BCUT2D eigenvalue weighted by atomic mass is 19.1. The van der Waals surface area contributed by atoms with E-state index in [9.17, 15) is 4.39 Å². The molecule has 8 nitrogen and oxygen atoms in total. The summed E-state index contributed by atoms with van der Waals surface area (Å²) in [4.78, 5) is 4.55. The normalized spacial score (nSPS) is 18.3. The van der Waals surface area contributed by atoms with Gasteiger partial charge in [0.15, 0.2) is 0 Å². The predicted octanol–water partition coefficient (Wildman–Crippen LogP) is 5.01. The van der Waals surface area contributed by atoms with E-state index in [4.69, 9.17) is 13.9 Å². The van der Waals surface area contributed by atoms with Crippen molar-refractivity contribution in [2.75, 3.05) is 0 Å². The molecule has 1 aliphatic carbocycles. The Morgan fingerprint density at radius 3 is 2.38 bits per heavy atom. The van der Waals surface area contributed by atoms with Crippen LogP contribution in [0.25, 0.3) is 22.8 Å². The van der Waals surface area contributed by atoms with Crippen LogP contribution in [-0.2, 0) is 22.7 Å². The number of halogens is 1. The number of ether oxygens (including phenoxy) is 2. The van der Waals surface area contributed by atoms with Crippen LogP contribution in [0, 0.1) is 12.7 Å². The molecule has 0 spiro atoms. The molecule has 0 unspecified atom stereocenters. The van der Waals surface area contributed by atoms with Crippen molar-refractivity contribution >= 4 is 0 Å². The number of tetrazole rings is 1. The molecule has 0 aliphatic heterocycles. The maximum Gasteiger partial charge on any atom is 0.226 e. The first kappa shape index (κ1) is 22.4. The average molecular weight is 464 g/mol. The van der Waals surface area contributed by atoms with Crippen molar-refractivity contribution in [1.29, 1.82) is 0 Å². The predicted molar refractivity (Wildman–Crippen MR) is 122 cm³/mol. The van der Waals surface area contributed by atoms with Crippen molar-refractivity contribution in [1.82, 2.24) is 25.6 Å². The van der Waals surface area contributed by atoms with Gasteiger partial charge in [0.25, 0.3) is 0 Å². The lowest BCUT2D eigenvalue weighted by molar-refractivity contribution is -0.0562. The van der Waals surface area contributed by atoms with Crippen LogP contribution >= 0.6 is 0 Å². The molecule has 0 bridgehead atoms. The molecule has 2 atom stereocenters. The fraction of sp³-hybridized carbons (Fsp3) is 0.360. The van der Waals surface area contributed by atoms with Gasteiger partial charge < -0.3 is 13.9 Å². The lowest BCUT2D eigenvalue weighted by Gasteiger charge is -2.29. The van der Waals surface area contributed by atoms with Gasteiger partial charge in [-0.1, -0.05) is 24.3 Å². The first-order valence-corrected chi connectivity index (χ1v) is 11.4. The first-order chi connectivity index (χ1) is 16.6. The van der Waals surface area contributed by atoms with Gasteiger partial charge in [0.05, 0.1) is 25.4 Å². The van der Waals surface area contributed by atoms with E-state index in [1.807, 2.05) is 31.2 Å². The number of nitrogens with one attached hydrogen (secondary N) is 1. The fourth-order valence-electron chi connectivity index (χ4n) is 4.13. The smallest absolute Gasteiger partial charge is 0.226 e. The number of hydrogen-bond donors (Lipinski definition) is 1. The summed E-state index contributed by atoms with van der Waals surface area (Å²) in [6.07, 6.45) is 4.21. The maximum atomic E-state index is 13.2. The van der Waals surface area contributed by atoms with E-state index in [-0.39, 0.29) is 18.0 Å². The van der Waals surface area contributed by atoms with Gasteiger partial charge in [-0.05, 0) is 67.6 Å². The molecule has 2 aromatic heterocycles. The van der Waals surface area contributed by atoms with E-state index in [2.05, 4.69) is 25.6 Å². The van der Waals surface area contributed by atoms with Crippen molar-refractivity contribution in [2.45, 2.75) is 58.0 Å². The van der Waals surface area contributed by atoms with E-state index in [1.165, 1.54) is 12.1 Å². The number of hydrogen-bond acceptors (Lipinski definition) is 7. The number of H-pyrrole nitrogens is 1. The summed E-state index contributed by atoms with van der Waals surface area (Å²) in [5.41, 5.74) is 3.52. The molecule has 176 valence electrons. The minimum atomic E-state index is -0.287. The third kappa shape index (κ3) is 5.37. The summed E-state index contributed by atoms with van der Waals surface area (Å²) in [6.45, 7) is 2.80. The molecule has 2 heterocycles. The van der Waals surface area contributed by atoms with Gasteiger partial charge in [0.1, 0.15) is 17.3 Å². The number of aromatic nitrogens is 5. The monoisotopic (exact) mass is 463 g/mol. The Hall–Kier alpha value is -3.43. The molecule has 1 N–H and O–H groups in total. The molecule has 0 radical (unpaired) electrons. The maximum absolute atomic E-state index is 13.2. The standard InChI is InChI=1S/C25H26FN5O3/c1-16-23(27-25(34-16)19-9-11-20(26)12-10-19)15-33-22-4-2-3-21(13-22)32-14-17-5-7-18(8-6-17)24-28-30-31-29-24/h5-12,21-22H,2-4,13-15H2,1H3,(H,28,29,30,31)/t21-,22+/m1/s1. The number of aromatic amines is 1. The van der Waals surface area contributed by atoms with Crippen molar-refractivity contribution < 1.29 is 18.3 Å². The molecule has 5 rings (SSSR count). The highest BCUT2D eigenvalue weighted by Crippen LogP contribution is 2.27. The zero-order valence-electron chi connectivity index (χ0n) is 18.9. The quantitative estimate of drug-likeness (QED) is 0.392. The van der Waals surface area contributed by atoms with E-state index in [0.29, 0.717) is 30.7 Å². The second-order valence-electron chi connectivity index (χ2n) is 8.49. The number of aryl methyl sites for hydroxylation is 1. The van der Waals surface area contributed by atoms with E-state index in [0.717, 1.165) is 48.1 Å². The van der Waals surface area contributed by atoms with Crippen LogP contribution in [0.5, 0.6) is 0 Å². The molecule has 1 saturated carbocycles. The van der Waals surface area contributed by atoms with Crippen LogP contribution in [-0.4, -0.2) is 37.8 Å². The fourth-order valence-corrected chi connectivity index (χ4v) is 4.13. The van der Waals surface area contributed by atoms with Gasteiger partial charge in [-0.3, -0.25) is 0 Å². The van der Waals surface area contributed by atoms with Crippen LogP contribution in [0.3, 0.4) is 0 Å². The number of nitrogens with zero attached hydrogens (tertiary/aromatic N) is 4. The Kier molecular flexibility index (Phi) is 6.73. The SMILES string of the molecule is Cc1oc(-c2ccc(F)cc2)nc1CO[C@H]1CCC[C@@H](OCc2ccc(-c3nn[nH]n3)cc2)C1. The summed E-state index contributed by atoms with van der Waals surface area (Å²) < 4.78 is 31.3. The molecular weight excluding hydrogens is 437 g/mol. The molecule has 34 heavy (non-hydrogen) atoms. The Labute approximate surface area is 196 Å². The Morgan fingerprint density at radius 1 is 0.971 bits per heavy atom. The molecule has 0 amide bonds. The first-order valence-electron chi connectivity index (χ1n) is 11.4. The zero-order chi connectivity index (χ0) is 23.3. The summed E-state index contributed by atoms with van der Waals surface area (Å²) >= 11 is 0. The highest BCUT2D eigenvalue weighted by molar-refractivity contribution is 5.54. The van der Waals surface area contributed by atoms with Gasteiger partial charge in [-0.15, -0.1) is 10.2 Å². The summed E-state index contributed by atoms with van der Waals surface area (Å²) in [7, 11) is 0. The van der Waals surface area contributed by atoms with Gasteiger partial charge in [0.2, 0.25) is 11.7 Å². The highest BCUT2D eigenvalue weighted by Gasteiger charge is 2.24. The van der Waals surface area contributed by atoms with Crippen molar-refractivity contribution in [2.24, 2.45) is 0 Å². The van der Waals surface area contributed by atoms with Crippen LogP contribution in [0.1, 0.15) is 42.7 Å². The lowest BCUT2D eigenvalue weighted by Crippen LogP contribution is -2.28. The third-order valence-electron chi connectivity index (χ3n) is 6.06. The van der Waals surface area contributed by atoms with Crippen LogP contribution in [0.2, 0.25) is 0 Å². The molecule has 4 aromatic rings. The van der Waals surface area contributed by atoms with Gasteiger partial charge in [-0.2, -0.15) is 5.21 Å². The molecule has 1 fully saturated rings. The van der Waals surface area contributed by atoms with E-state index >= 15 is 0 Å². The van der Waals surface area contributed by atoms with Crippen LogP contribution in [0.15, 0.2) is 52.9 Å². The molecule has 9 heteroatoms. The summed E-state index contributed by atoms with van der Waals surface area (Å²) in [6, 6.07) is 14.1. The lowest BCUT2D eigenvalue weighted by atomic mass is 9.95. The van der Waals surface area contributed by atoms with Gasteiger partial charge in [0, 0.05) is 11.1 Å². The molecular formula is C25H26FN5O3. The average Bonchev–Trinajstić information content (AvgIpc) is 3.53. The number of rotatable bonds is 8. The minimum absolute atomic E-state index is 0.115. The molecule has 0 saturated heterocycles. The summed E-state index contributed by atoms with van der Waals surface area (Å²) in [5.74, 6) is 1.48. The van der Waals surface area contributed by atoms with Crippen LogP contribution in [0.4, 0.5) is 4.39 Å². The Bertz CT molecular complexity index is 1190. The Morgan fingerprint density at radius 2 is 1.68 bits per heavy atom. The van der Waals surface area contributed by atoms with Crippen LogP contribution < -0.4 is 0 Å². The van der Waals surface area contributed by atoms with E-state index in [1.54, 1.807) is 12.1 Å². The van der Waals surface area contributed by atoms with Crippen molar-refractivity contribution in [3.05, 3.63) is 71.4 Å². The molecule has 1 aliphatic rings. The second-order valence-corrected chi connectivity index (χ2v) is 8.49. The largest absolute Gasteiger partial charge is 0.441 e. The van der Waals surface area contributed by atoms with Gasteiger partial charge >= 0.3 is 0 Å². The minimum Gasteiger partial charge on any atom is -0.441 e. The zero-order valence-corrected chi connectivity index (χ0v) is 18.9. The second kappa shape index (κ2) is 10.2.